The van der Waals surface area contributed by atoms with Crippen molar-refractivity contribution in [3.05, 3.63) is 23.5 Å². The Morgan fingerprint density at radius 3 is 3.00 bits per heavy atom. The van der Waals surface area contributed by atoms with Crippen LogP contribution in [-0.2, 0) is 0 Å². The zero-order chi connectivity index (χ0) is 9.68. The number of hydrogen-bond acceptors (Lipinski definition) is 3. The Morgan fingerprint density at radius 1 is 1.62 bits per heavy atom. The molecular weight excluding hydrogens is 164 g/mol. The van der Waals surface area contributed by atoms with Crippen LogP contribution in [0.4, 0.5) is 0 Å². The minimum absolute atomic E-state index is 0.556. The maximum absolute atomic E-state index is 8.78. The largest absolute Gasteiger partial charge is 0.491 e. The molecule has 0 aromatic carbocycles. The van der Waals surface area contributed by atoms with Crippen molar-refractivity contribution in [3.63, 3.8) is 0 Å². The molecule has 0 aliphatic heterocycles. The summed E-state index contributed by atoms with van der Waals surface area (Å²) in [6.45, 7) is 4.50. The number of rotatable bonds is 3. The highest BCUT2D eigenvalue weighted by molar-refractivity contribution is 5.41. The Hall–Kier alpha value is -1.56. The van der Waals surface area contributed by atoms with Gasteiger partial charge in [0.2, 0.25) is 0 Å². The van der Waals surface area contributed by atoms with Crippen molar-refractivity contribution in [1.29, 1.82) is 5.26 Å². The third kappa shape index (κ3) is 2.45. The third-order valence-corrected chi connectivity index (χ3v) is 1.59. The van der Waals surface area contributed by atoms with E-state index < -0.39 is 0 Å². The number of pyridine rings is 1. The molecule has 0 aliphatic rings. The fourth-order valence-corrected chi connectivity index (χ4v) is 0.962. The van der Waals surface area contributed by atoms with Crippen LogP contribution in [-0.4, -0.2) is 11.6 Å². The molecule has 0 spiro atoms. The SMILES string of the molecule is CCCOc1cnc(C)cc1C#N. The van der Waals surface area contributed by atoms with E-state index in [2.05, 4.69) is 11.1 Å². The van der Waals surface area contributed by atoms with Crippen molar-refractivity contribution in [3.8, 4) is 11.8 Å². The molecule has 0 atom stereocenters. The first-order valence-electron chi connectivity index (χ1n) is 4.27. The van der Waals surface area contributed by atoms with Gasteiger partial charge in [-0.3, -0.25) is 4.98 Å². The maximum Gasteiger partial charge on any atom is 0.155 e. The first kappa shape index (κ1) is 9.53. The van der Waals surface area contributed by atoms with Crippen molar-refractivity contribution in [2.24, 2.45) is 0 Å². The molecule has 0 saturated heterocycles. The van der Waals surface area contributed by atoms with Crippen LogP contribution in [0.5, 0.6) is 5.75 Å². The van der Waals surface area contributed by atoms with Gasteiger partial charge in [0.1, 0.15) is 6.07 Å². The number of aromatic nitrogens is 1. The lowest BCUT2D eigenvalue weighted by atomic mass is 10.2. The zero-order valence-corrected chi connectivity index (χ0v) is 7.87. The molecule has 68 valence electrons. The molecule has 0 fully saturated rings. The average molecular weight is 176 g/mol. The quantitative estimate of drug-likeness (QED) is 0.708. The third-order valence-electron chi connectivity index (χ3n) is 1.59. The number of nitriles is 1. The Balaban J connectivity index is 2.88. The van der Waals surface area contributed by atoms with Crippen LogP contribution in [0, 0.1) is 18.3 Å². The van der Waals surface area contributed by atoms with Crippen LogP contribution >= 0.6 is 0 Å². The fourth-order valence-electron chi connectivity index (χ4n) is 0.962. The summed E-state index contributed by atoms with van der Waals surface area (Å²) in [5, 5.41) is 8.78. The first-order chi connectivity index (χ1) is 6.27. The summed E-state index contributed by atoms with van der Waals surface area (Å²) in [4.78, 5) is 4.06. The van der Waals surface area contributed by atoms with E-state index in [9.17, 15) is 0 Å². The molecule has 1 rings (SSSR count). The lowest BCUT2D eigenvalue weighted by Crippen LogP contribution is -1.98. The monoisotopic (exact) mass is 176 g/mol. The first-order valence-corrected chi connectivity index (χ1v) is 4.27. The summed E-state index contributed by atoms with van der Waals surface area (Å²) in [5.41, 5.74) is 1.39. The van der Waals surface area contributed by atoms with Crippen molar-refractivity contribution in [2.75, 3.05) is 6.61 Å². The minimum atomic E-state index is 0.556. The van der Waals surface area contributed by atoms with E-state index in [0.29, 0.717) is 17.9 Å². The highest BCUT2D eigenvalue weighted by Gasteiger charge is 2.02. The lowest BCUT2D eigenvalue weighted by molar-refractivity contribution is 0.315. The lowest BCUT2D eigenvalue weighted by Gasteiger charge is -2.05. The van der Waals surface area contributed by atoms with Gasteiger partial charge >= 0.3 is 0 Å². The second kappa shape index (κ2) is 4.46. The van der Waals surface area contributed by atoms with Gasteiger partial charge in [-0.05, 0) is 19.4 Å². The molecule has 0 N–H and O–H groups in total. The van der Waals surface area contributed by atoms with Crippen LogP contribution in [0.3, 0.4) is 0 Å². The van der Waals surface area contributed by atoms with E-state index in [1.807, 2.05) is 13.8 Å². The maximum atomic E-state index is 8.78. The molecule has 0 aliphatic carbocycles. The fraction of sp³-hybridized carbons (Fsp3) is 0.400. The van der Waals surface area contributed by atoms with Gasteiger partial charge in [0.25, 0.3) is 0 Å². The van der Waals surface area contributed by atoms with Gasteiger partial charge in [-0.2, -0.15) is 5.26 Å². The Morgan fingerprint density at radius 2 is 2.38 bits per heavy atom. The van der Waals surface area contributed by atoms with Crippen molar-refractivity contribution >= 4 is 0 Å². The summed E-state index contributed by atoms with van der Waals surface area (Å²) >= 11 is 0. The topological polar surface area (TPSA) is 45.9 Å². The normalized spacial score (nSPS) is 9.31. The Bertz CT molecular complexity index is 328. The van der Waals surface area contributed by atoms with Gasteiger partial charge in [-0.15, -0.1) is 0 Å². The van der Waals surface area contributed by atoms with Gasteiger partial charge in [0.05, 0.1) is 18.4 Å². The standard InChI is InChI=1S/C10H12N2O/c1-3-4-13-10-7-12-8(2)5-9(10)6-11/h5,7H,3-4H2,1-2H3. The summed E-state index contributed by atoms with van der Waals surface area (Å²) in [7, 11) is 0. The van der Waals surface area contributed by atoms with E-state index in [-0.39, 0.29) is 0 Å². The van der Waals surface area contributed by atoms with Gasteiger partial charge < -0.3 is 4.74 Å². The molecule has 0 bridgehead atoms. The second-order valence-corrected chi connectivity index (χ2v) is 2.78. The Labute approximate surface area is 78.0 Å². The molecule has 0 unspecified atom stereocenters. The zero-order valence-electron chi connectivity index (χ0n) is 7.87. The molecule has 0 radical (unpaired) electrons. The molecule has 0 saturated carbocycles. The molecule has 1 aromatic rings. The highest BCUT2D eigenvalue weighted by Crippen LogP contribution is 2.16. The summed E-state index contributed by atoms with van der Waals surface area (Å²) < 4.78 is 5.35. The van der Waals surface area contributed by atoms with Crippen molar-refractivity contribution < 1.29 is 4.74 Å². The smallest absolute Gasteiger partial charge is 0.155 e. The molecule has 3 nitrogen and oxygen atoms in total. The van der Waals surface area contributed by atoms with Gasteiger partial charge in [-0.1, -0.05) is 6.92 Å². The predicted octanol–water partition coefficient (Wildman–Crippen LogP) is 2.05. The van der Waals surface area contributed by atoms with Crippen LogP contribution < -0.4 is 4.74 Å². The number of ether oxygens (including phenoxy) is 1. The van der Waals surface area contributed by atoms with Crippen molar-refractivity contribution in [1.82, 2.24) is 4.98 Å². The van der Waals surface area contributed by atoms with E-state index in [4.69, 9.17) is 10.00 Å². The molecule has 0 amide bonds. The molecule has 3 heteroatoms. The van der Waals surface area contributed by atoms with Crippen molar-refractivity contribution in [2.45, 2.75) is 20.3 Å². The van der Waals surface area contributed by atoms with Crippen LogP contribution in [0.15, 0.2) is 12.3 Å². The summed E-state index contributed by atoms with van der Waals surface area (Å²) in [5.74, 6) is 0.579. The average Bonchev–Trinajstić information content (AvgIpc) is 2.16. The van der Waals surface area contributed by atoms with E-state index >= 15 is 0 Å². The number of nitrogens with zero attached hydrogens (tertiary/aromatic N) is 2. The summed E-state index contributed by atoms with van der Waals surface area (Å²) in [6.07, 6.45) is 2.53. The van der Waals surface area contributed by atoms with E-state index in [1.54, 1.807) is 12.3 Å². The number of aryl methyl sites for hydroxylation is 1. The van der Waals surface area contributed by atoms with Gasteiger partial charge in [0.15, 0.2) is 5.75 Å². The predicted molar refractivity (Wildman–Crippen MR) is 49.5 cm³/mol. The molecule has 1 aromatic heterocycles. The number of hydrogen-bond donors (Lipinski definition) is 0. The molecule has 13 heavy (non-hydrogen) atoms. The second-order valence-electron chi connectivity index (χ2n) is 2.78. The van der Waals surface area contributed by atoms with Crippen LogP contribution in [0.1, 0.15) is 24.6 Å². The Kier molecular flexibility index (Phi) is 3.27. The van der Waals surface area contributed by atoms with E-state index in [0.717, 1.165) is 12.1 Å². The van der Waals surface area contributed by atoms with Gasteiger partial charge in [0, 0.05) is 5.69 Å². The molecular formula is C10H12N2O. The molecule has 1 heterocycles. The van der Waals surface area contributed by atoms with Gasteiger partial charge in [-0.25, -0.2) is 0 Å². The minimum Gasteiger partial charge on any atom is -0.491 e. The highest BCUT2D eigenvalue weighted by atomic mass is 16.5. The summed E-state index contributed by atoms with van der Waals surface area (Å²) in [6, 6.07) is 3.81. The van der Waals surface area contributed by atoms with Crippen LogP contribution in [0.25, 0.3) is 0 Å². The van der Waals surface area contributed by atoms with Crippen LogP contribution in [0.2, 0.25) is 0 Å². The van der Waals surface area contributed by atoms with E-state index in [1.165, 1.54) is 0 Å².